The molecule has 3 amide bonds. The van der Waals surface area contributed by atoms with Gasteiger partial charge in [-0.1, -0.05) is 60.1 Å². The highest BCUT2D eigenvalue weighted by atomic mass is 35.5. The number of benzene rings is 9. The average Bonchev–Trinajstić information content (AvgIpc) is 0.808. The summed E-state index contributed by atoms with van der Waals surface area (Å²) in [4.78, 5) is 54.5. The maximum Gasteiger partial charge on any atom is 0.261 e. The summed E-state index contributed by atoms with van der Waals surface area (Å²) in [5, 5.41) is 15.9. The number of fused-ring (bicyclic) bond motifs is 4. The van der Waals surface area contributed by atoms with Gasteiger partial charge in [0.25, 0.3) is 27.7 Å². The minimum Gasteiger partial charge on any atom is -0.322 e. The van der Waals surface area contributed by atoms with Crippen LogP contribution < -0.4 is 37.9 Å². The van der Waals surface area contributed by atoms with Gasteiger partial charge in [0.1, 0.15) is 0 Å². The molecule has 4 N–H and O–H groups in total. The molecule has 8 heterocycles. The molecule has 13 aromatic rings. The first-order valence-electron chi connectivity index (χ1n) is 37.4. The van der Waals surface area contributed by atoms with Gasteiger partial charge >= 0.3 is 0 Å². The standard InChI is InChI=1S/C25H22ClN3O4S2.3C20H19N3O3S/c26-24-12-7-19(17-23(24)25-22-6-2-1-5-18(22)13-14-27-25)28-35(32,33)21-10-8-20(9-11-21)29-15-3-4-16-34(29,30)31;24-20(22-18-6-3-17-14-21-10-9-16(17)13-18)15-4-7-19(8-5-15)23-11-1-2-12-27(23,25)26;24-20(22-18-6-3-15-9-10-21-14-17(15)13-18)16-4-7-19(8-5-16)23-11-1-2-12-27(23,25)26;24-20(22-17-8-5-15-4-3-11-21-19(15)14-17)16-6-9-18(10-7-16)23-12-1-2-13-27(23,25)26/h1-2,5-14,17,28H,3-4,15-16H2;2*3-10,13-14H,1-2,11-12H2,(H,22,24);3-11,14H,1-2,12-13H2,(H,22,24). The molecule has 0 atom stereocenters. The highest BCUT2D eigenvalue weighted by Gasteiger charge is 2.31. The number of aromatic nitrogens is 4. The van der Waals surface area contributed by atoms with Gasteiger partial charge in [0.2, 0.25) is 40.1 Å². The number of pyridine rings is 4. The van der Waals surface area contributed by atoms with Crippen molar-refractivity contribution >= 4 is 168 Å². The maximum absolute atomic E-state index is 13.1. The molecule has 0 bridgehead atoms. The van der Waals surface area contributed by atoms with E-state index in [0.717, 1.165) is 68.9 Å². The summed E-state index contributed by atoms with van der Waals surface area (Å²) in [6.07, 6.45) is 16.4. The Morgan fingerprint density at radius 1 is 0.353 bits per heavy atom. The summed E-state index contributed by atoms with van der Waals surface area (Å²) in [7, 11) is -17.1. The normalized spacial score (nSPS) is 16.1. The zero-order chi connectivity index (χ0) is 81.2. The molecule has 4 saturated heterocycles. The number of sulfonamides is 5. The largest absolute Gasteiger partial charge is 0.322 e. The lowest BCUT2D eigenvalue weighted by Crippen LogP contribution is -2.37. The van der Waals surface area contributed by atoms with Gasteiger partial charge in [-0.3, -0.25) is 56.3 Å². The number of amides is 3. The van der Waals surface area contributed by atoms with Gasteiger partial charge in [-0.15, -0.1) is 0 Å². The van der Waals surface area contributed by atoms with E-state index in [1.165, 1.54) is 41.5 Å². The summed E-state index contributed by atoms with van der Waals surface area (Å²) in [5.74, 6) is -0.121. The molecule has 9 aromatic carbocycles. The number of hydrogen-bond donors (Lipinski definition) is 4. The molecule has 0 radical (unpaired) electrons. The van der Waals surface area contributed by atoms with Crippen LogP contribution >= 0.6 is 11.6 Å². The lowest BCUT2D eigenvalue weighted by atomic mass is 10.0. The minimum atomic E-state index is -3.93. The summed E-state index contributed by atoms with van der Waals surface area (Å²) in [5.41, 5.74) is 8.11. The molecule has 0 spiro atoms. The Kier molecular flexibility index (Phi) is 24.4. The number of hydrogen-bond acceptors (Lipinski definition) is 17. The SMILES string of the molecule is O=C(Nc1ccc2cccnc2c1)c1ccc(N2CCCCS2(=O)=O)cc1.O=C(Nc1ccc2ccncc2c1)c1ccc(N2CCCCS2(=O)=O)cc1.O=C(Nc1ccc2cnccc2c1)c1ccc(N2CCCCS2(=O)=O)cc1.O=S(=O)(Nc1ccc(Cl)c(-c2nccc3ccccc23)c1)c1ccc(N2CCCCS2(=O)=O)cc1. The Morgan fingerprint density at radius 3 is 1.25 bits per heavy atom. The lowest BCUT2D eigenvalue weighted by molar-refractivity contribution is 0.101. The van der Waals surface area contributed by atoms with Crippen molar-refractivity contribution in [3.8, 4) is 11.3 Å². The van der Waals surface area contributed by atoms with Crippen LogP contribution in [0.2, 0.25) is 5.02 Å². The van der Waals surface area contributed by atoms with E-state index in [9.17, 15) is 56.5 Å². The van der Waals surface area contributed by atoms with Crippen molar-refractivity contribution in [1.29, 1.82) is 0 Å². The Bertz CT molecular complexity index is 6030. The molecule has 0 aliphatic carbocycles. The minimum absolute atomic E-state index is 0.0236. The van der Waals surface area contributed by atoms with Crippen molar-refractivity contribution < 1.29 is 56.5 Å². The number of anilines is 8. The number of nitrogens with one attached hydrogen (secondary N) is 4. The van der Waals surface area contributed by atoms with Crippen LogP contribution in [0, 0.1) is 0 Å². The van der Waals surface area contributed by atoms with Gasteiger partial charge in [0.15, 0.2) is 0 Å². The second kappa shape index (κ2) is 35.0. The van der Waals surface area contributed by atoms with E-state index in [2.05, 4.69) is 40.6 Å². The maximum atomic E-state index is 13.1. The van der Waals surface area contributed by atoms with E-state index in [-0.39, 0.29) is 45.6 Å². The average molecular weight is 1670 g/mol. The zero-order valence-electron chi connectivity index (χ0n) is 62.4. The predicted molar refractivity (Wildman–Crippen MR) is 459 cm³/mol. The molecule has 4 aromatic heterocycles. The predicted octanol–water partition coefficient (Wildman–Crippen LogP) is 15.5. The molecule has 4 fully saturated rings. The Hall–Kier alpha value is -11.9. The third kappa shape index (κ3) is 19.2. The first-order valence-corrected chi connectivity index (χ1v) is 45.7. The van der Waals surface area contributed by atoms with Crippen LogP contribution in [0.5, 0.6) is 0 Å². The number of nitrogens with zero attached hydrogens (tertiary/aromatic N) is 8. The number of rotatable bonds is 14. The van der Waals surface area contributed by atoms with Crippen molar-refractivity contribution in [2.75, 3.05) is 87.1 Å². The van der Waals surface area contributed by atoms with E-state index < -0.39 is 50.1 Å². The Balaban J connectivity index is 0.000000128. The van der Waals surface area contributed by atoms with E-state index in [0.29, 0.717) is 130 Å². The van der Waals surface area contributed by atoms with Crippen molar-refractivity contribution in [1.82, 2.24) is 19.9 Å². The van der Waals surface area contributed by atoms with E-state index in [1.54, 1.807) is 128 Å². The van der Waals surface area contributed by atoms with Crippen molar-refractivity contribution in [3.05, 3.63) is 283 Å². The van der Waals surface area contributed by atoms with Crippen LogP contribution in [-0.4, -0.2) is 129 Å². The molecule has 4 aliphatic heterocycles. The third-order valence-electron chi connectivity index (χ3n) is 19.9. The molecule has 25 nitrogen and oxygen atoms in total. The molecule has 17 rings (SSSR count). The Morgan fingerprint density at radius 2 is 0.759 bits per heavy atom. The number of halogens is 1. The fourth-order valence-electron chi connectivity index (χ4n) is 13.8. The molecule has 116 heavy (non-hydrogen) atoms. The topological polar surface area (TPSA) is 335 Å². The summed E-state index contributed by atoms with van der Waals surface area (Å²) in [6.45, 7) is 1.85. The van der Waals surface area contributed by atoms with Gasteiger partial charge in [0.05, 0.1) is 66.9 Å². The van der Waals surface area contributed by atoms with Crippen molar-refractivity contribution in [2.24, 2.45) is 0 Å². The first kappa shape index (κ1) is 80.7. The molecule has 594 valence electrons. The monoisotopic (exact) mass is 1670 g/mol. The van der Waals surface area contributed by atoms with Crippen LogP contribution in [0.4, 0.5) is 45.5 Å². The van der Waals surface area contributed by atoms with Gasteiger partial charge in [-0.05, 0) is 243 Å². The number of carbonyl (C=O) groups is 3. The van der Waals surface area contributed by atoms with Gasteiger partial charge < -0.3 is 16.0 Å². The zero-order valence-corrected chi connectivity index (χ0v) is 67.3. The Labute approximate surface area is 677 Å². The van der Waals surface area contributed by atoms with E-state index in [4.69, 9.17) is 11.6 Å². The number of carbonyl (C=O) groups excluding carboxylic acids is 3. The highest BCUT2D eigenvalue weighted by molar-refractivity contribution is 7.94. The summed E-state index contributed by atoms with van der Waals surface area (Å²) in [6, 6.07) is 64.8. The molecular weight excluding hydrogens is 1590 g/mol. The summed E-state index contributed by atoms with van der Waals surface area (Å²) < 4.78 is 132. The van der Waals surface area contributed by atoms with Crippen LogP contribution in [0.25, 0.3) is 54.5 Å². The summed E-state index contributed by atoms with van der Waals surface area (Å²) >= 11 is 6.46. The van der Waals surface area contributed by atoms with E-state index >= 15 is 0 Å². The molecule has 31 heteroatoms. The molecule has 0 unspecified atom stereocenters. The van der Waals surface area contributed by atoms with E-state index in [1.807, 2.05) is 109 Å². The second-order valence-corrected chi connectivity index (χ2v) is 38.0. The molecule has 0 saturated carbocycles. The second-order valence-electron chi connectivity index (χ2n) is 27.8. The molecular formula is C85H79ClN12O13S5. The van der Waals surface area contributed by atoms with Crippen molar-refractivity contribution in [2.45, 2.75) is 56.3 Å². The fourth-order valence-corrected chi connectivity index (χ4v) is 21.7. The smallest absolute Gasteiger partial charge is 0.261 e. The highest BCUT2D eigenvalue weighted by Crippen LogP contribution is 2.36. The van der Waals surface area contributed by atoms with Crippen LogP contribution in [0.1, 0.15) is 82.4 Å². The van der Waals surface area contributed by atoms with Crippen molar-refractivity contribution in [3.63, 3.8) is 0 Å². The van der Waals surface area contributed by atoms with Crippen LogP contribution in [0.15, 0.2) is 267 Å². The van der Waals surface area contributed by atoms with Gasteiger partial charge in [-0.25, -0.2) is 42.1 Å². The quantitative estimate of drug-likeness (QED) is 0.0786. The van der Waals surface area contributed by atoms with Crippen LogP contribution in [-0.2, 0) is 50.1 Å². The first-order chi connectivity index (χ1) is 55.8. The molecule has 4 aliphatic rings. The fraction of sp³-hybridized carbons (Fsp3) is 0.188. The van der Waals surface area contributed by atoms with Gasteiger partial charge in [0, 0.05) is 130 Å². The van der Waals surface area contributed by atoms with Gasteiger partial charge in [-0.2, -0.15) is 0 Å². The third-order valence-corrected chi connectivity index (χ3v) is 29.1. The lowest BCUT2D eigenvalue weighted by Gasteiger charge is -2.28. The van der Waals surface area contributed by atoms with Crippen LogP contribution in [0.3, 0.4) is 0 Å².